The summed E-state index contributed by atoms with van der Waals surface area (Å²) in [5, 5.41) is 3.29. The summed E-state index contributed by atoms with van der Waals surface area (Å²) in [6, 6.07) is 11.9. The van der Waals surface area contributed by atoms with Crippen LogP contribution in [0.5, 0.6) is 0 Å². The molecule has 2 heterocycles. The highest BCUT2D eigenvalue weighted by Gasteiger charge is 2.36. The maximum absolute atomic E-state index is 12.8. The summed E-state index contributed by atoms with van der Waals surface area (Å²) < 4.78 is 11.5. The van der Waals surface area contributed by atoms with Crippen molar-refractivity contribution in [3.63, 3.8) is 0 Å². The molecule has 0 radical (unpaired) electrons. The van der Waals surface area contributed by atoms with E-state index >= 15 is 0 Å². The first kappa shape index (κ1) is 20.7. The van der Waals surface area contributed by atoms with Gasteiger partial charge in [-0.3, -0.25) is 14.5 Å². The molecule has 1 aromatic heterocycles. The highest BCUT2D eigenvalue weighted by atomic mass is 16.5. The lowest BCUT2D eigenvalue weighted by Gasteiger charge is -2.26. The lowest BCUT2D eigenvalue weighted by Crippen LogP contribution is -2.35. The lowest BCUT2D eigenvalue weighted by atomic mass is 9.85. The van der Waals surface area contributed by atoms with Crippen molar-refractivity contribution >= 4 is 23.1 Å². The Bertz CT molecular complexity index is 1220. The lowest BCUT2D eigenvalue weighted by molar-refractivity contribution is 0.0342. The minimum atomic E-state index is -0.508. The smallest absolute Gasteiger partial charge is 0.237 e. The number of ketones is 2. The molecule has 6 nitrogen and oxygen atoms in total. The molecule has 0 amide bonds. The van der Waals surface area contributed by atoms with Gasteiger partial charge in [-0.25, -0.2) is 0 Å². The van der Waals surface area contributed by atoms with Crippen LogP contribution in [0.3, 0.4) is 0 Å². The highest BCUT2D eigenvalue weighted by molar-refractivity contribution is 6.53. The van der Waals surface area contributed by atoms with Crippen LogP contribution in [0.2, 0.25) is 0 Å². The number of hydrogen-bond donors (Lipinski definition) is 1. The van der Waals surface area contributed by atoms with Crippen molar-refractivity contribution in [3.05, 3.63) is 69.8 Å². The number of hydrogen-bond acceptors (Lipinski definition) is 6. The van der Waals surface area contributed by atoms with Gasteiger partial charge in [-0.2, -0.15) is 0 Å². The molecule has 6 heteroatoms. The molecular formula is C26H26N2O4. The monoisotopic (exact) mass is 430 g/mol. The third kappa shape index (κ3) is 3.55. The number of carbonyl (C=O) groups excluding carboxylic acids is 2. The van der Waals surface area contributed by atoms with Crippen molar-refractivity contribution in [3.8, 4) is 11.3 Å². The third-order valence-corrected chi connectivity index (χ3v) is 6.42. The Morgan fingerprint density at radius 2 is 1.56 bits per heavy atom. The van der Waals surface area contributed by atoms with Gasteiger partial charge >= 0.3 is 0 Å². The topological polar surface area (TPSA) is 71.8 Å². The van der Waals surface area contributed by atoms with Crippen molar-refractivity contribution in [2.45, 2.75) is 27.3 Å². The number of morpholine rings is 1. The Labute approximate surface area is 187 Å². The number of anilines is 2. The summed E-state index contributed by atoms with van der Waals surface area (Å²) >= 11 is 0. The first-order valence-corrected chi connectivity index (χ1v) is 10.9. The van der Waals surface area contributed by atoms with E-state index in [4.69, 9.17) is 9.15 Å². The molecule has 0 saturated carbocycles. The van der Waals surface area contributed by atoms with E-state index in [2.05, 4.69) is 22.3 Å². The molecule has 1 aliphatic heterocycles. The number of Topliss-reactive ketones (excluding diaryl/α,β-unsaturated/α-hetero) is 2. The first-order valence-electron chi connectivity index (χ1n) is 10.9. The van der Waals surface area contributed by atoms with Crippen molar-refractivity contribution < 1.29 is 18.7 Å². The van der Waals surface area contributed by atoms with Gasteiger partial charge in [0, 0.05) is 42.0 Å². The van der Waals surface area contributed by atoms with Crippen LogP contribution < -0.4 is 5.32 Å². The van der Waals surface area contributed by atoms with E-state index in [9.17, 15) is 9.59 Å². The van der Waals surface area contributed by atoms with Crippen LogP contribution >= 0.6 is 0 Å². The third-order valence-electron chi connectivity index (χ3n) is 6.42. The molecular weight excluding hydrogens is 404 g/mol. The number of nitrogens with one attached hydrogen (secondary N) is 1. The van der Waals surface area contributed by atoms with E-state index in [0.717, 1.165) is 49.7 Å². The van der Waals surface area contributed by atoms with Crippen LogP contribution in [0, 0.1) is 20.8 Å². The second kappa shape index (κ2) is 8.04. The largest absolute Gasteiger partial charge is 0.439 e. The van der Waals surface area contributed by atoms with Gasteiger partial charge in [0.1, 0.15) is 5.76 Å². The summed E-state index contributed by atoms with van der Waals surface area (Å²) in [6.45, 7) is 10.1. The van der Waals surface area contributed by atoms with Crippen molar-refractivity contribution in [1.82, 2.24) is 4.90 Å². The molecule has 2 aromatic carbocycles. The Morgan fingerprint density at radius 3 is 2.25 bits per heavy atom. The fraction of sp³-hybridized carbons (Fsp3) is 0.308. The average molecular weight is 431 g/mol. The Morgan fingerprint density at radius 1 is 0.906 bits per heavy atom. The highest BCUT2D eigenvalue weighted by Crippen LogP contribution is 2.42. The minimum absolute atomic E-state index is 0.359. The molecule has 1 aliphatic carbocycles. The van der Waals surface area contributed by atoms with Crippen LogP contribution in [-0.4, -0.2) is 42.8 Å². The van der Waals surface area contributed by atoms with Crippen molar-refractivity contribution in [2.24, 2.45) is 0 Å². The fourth-order valence-corrected chi connectivity index (χ4v) is 4.37. The molecule has 1 fully saturated rings. The summed E-state index contributed by atoms with van der Waals surface area (Å²) in [4.78, 5) is 28.0. The van der Waals surface area contributed by atoms with Crippen LogP contribution in [0.15, 0.2) is 40.8 Å². The predicted octanol–water partition coefficient (Wildman–Crippen LogP) is 4.83. The van der Waals surface area contributed by atoms with Gasteiger partial charge < -0.3 is 14.5 Å². The first-order chi connectivity index (χ1) is 15.4. The number of benzene rings is 2. The molecule has 0 unspecified atom stereocenters. The molecule has 32 heavy (non-hydrogen) atoms. The molecule has 0 bridgehead atoms. The number of nitrogens with zero attached hydrogens (tertiary/aromatic N) is 1. The molecule has 0 atom stereocenters. The molecule has 0 spiro atoms. The molecule has 3 aromatic rings. The number of aryl methyl sites for hydroxylation is 2. The summed E-state index contributed by atoms with van der Waals surface area (Å²) in [6.07, 6.45) is 0. The van der Waals surface area contributed by atoms with E-state index < -0.39 is 11.6 Å². The zero-order chi connectivity index (χ0) is 22.4. The van der Waals surface area contributed by atoms with Crippen LogP contribution in [0.1, 0.15) is 43.0 Å². The van der Waals surface area contributed by atoms with Gasteiger partial charge in [-0.05, 0) is 61.7 Å². The maximum atomic E-state index is 12.8. The van der Waals surface area contributed by atoms with E-state index in [1.54, 1.807) is 6.07 Å². The van der Waals surface area contributed by atoms with Crippen LogP contribution in [0.25, 0.3) is 11.3 Å². The number of carbonyl (C=O) groups is 2. The zero-order valence-electron chi connectivity index (χ0n) is 18.6. The second-order valence-electron chi connectivity index (χ2n) is 8.61. The summed E-state index contributed by atoms with van der Waals surface area (Å²) in [7, 11) is 0. The Hall–Kier alpha value is -3.22. The Kier molecular flexibility index (Phi) is 5.19. The van der Waals surface area contributed by atoms with Gasteiger partial charge in [0.15, 0.2) is 0 Å². The maximum Gasteiger partial charge on any atom is 0.237 e. The Balaban J connectivity index is 1.43. The zero-order valence-corrected chi connectivity index (χ0v) is 18.6. The summed E-state index contributed by atoms with van der Waals surface area (Å²) in [5.41, 5.74) is 6.24. The number of rotatable bonds is 4. The fourth-order valence-electron chi connectivity index (χ4n) is 4.37. The van der Waals surface area contributed by atoms with E-state index in [1.807, 2.05) is 39.0 Å². The SMILES string of the molecule is Cc1cc2c(cc1C)-c1oc(Nc3ccc(CN4CCOCC4)cc3)c(C)c1C(=O)C2=O. The van der Waals surface area contributed by atoms with E-state index in [-0.39, 0.29) is 0 Å². The number of furan rings is 1. The van der Waals surface area contributed by atoms with Crippen LogP contribution in [-0.2, 0) is 11.3 Å². The average Bonchev–Trinajstić information content (AvgIpc) is 3.12. The predicted molar refractivity (Wildman–Crippen MR) is 123 cm³/mol. The van der Waals surface area contributed by atoms with Crippen LogP contribution in [0.4, 0.5) is 11.6 Å². The van der Waals surface area contributed by atoms with Gasteiger partial charge in [0.2, 0.25) is 17.5 Å². The van der Waals surface area contributed by atoms with Crippen molar-refractivity contribution in [2.75, 3.05) is 31.6 Å². The molecule has 1 saturated heterocycles. The molecule has 1 N–H and O–H groups in total. The standard InChI is InChI=1S/C26H26N2O4/c1-15-12-20-21(13-16(15)2)25-22(24(30)23(20)29)17(3)26(32-25)27-19-6-4-18(5-7-19)14-28-8-10-31-11-9-28/h4-7,12-13,27H,8-11,14H2,1-3H3. The molecule has 2 aliphatic rings. The second-order valence-corrected chi connectivity index (χ2v) is 8.61. The van der Waals surface area contributed by atoms with Gasteiger partial charge in [0.05, 0.1) is 18.8 Å². The number of fused-ring (bicyclic) bond motifs is 3. The summed E-state index contributed by atoms with van der Waals surface area (Å²) in [5.74, 6) is -0.0239. The minimum Gasteiger partial charge on any atom is -0.439 e. The van der Waals surface area contributed by atoms with Gasteiger partial charge in [0.25, 0.3) is 0 Å². The van der Waals surface area contributed by atoms with E-state index in [0.29, 0.717) is 33.9 Å². The quantitative estimate of drug-likeness (QED) is 0.598. The van der Waals surface area contributed by atoms with Gasteiger partial charge in [-0.1, -0.05) is 12.1 Å². The van der Waals surface area contributed by atoms with E-state index in [1.165, 1.54) is 5.56 Å². The van der Waals surface area contributed by atoms with Gasteiger partial charge in [-0.15, -0.1) is 0 Å². The normalized spacial score (nSPS) is 16.1. The number of ether oxygens (including phenoxy) is 1. The molecule has 5 rings (SSSR count). The van der Waals surface area contributed by atoms with Crippen molar-refractivity contribution in [1.29, 1.82) is 0 Å². The molecule has 164 valence electrons.